The minimum absolute atomic E-state index is 0.0574. The van der Waals surface area contributed by atoms with E-state index in [9.17, 15) is 9.18 Å². The van der Waals surface area contributed by atoms with Gasteiger partial charge in [-0.15, -0.1) is 0 Å². The first-order valence-corrected chi connectivity index (χ1v) is 6.12. The fourth-order valence-corrected chi connectivity index (χ4v) is 1.60. The van der Waals surface area contributed by atoms with Crippen LogP contribution in [0.2, 0.25) is 0 Å². The number of amides is 1. The molecule has 0 aliphatic carbocycles. The molecule has 0 saturated carbocycles. The van der Waals surface area contributed by atoms with Crippen LogP contribution in [0.5, 0.6) is 0 Å². The molecule has 1 amide bonds. The number of aryl methyl sites for hydroxylation is 2. The van der Waals surface area contributed by atoms with E-state index in [-0.39, 0.29) is 18.0 Å². The molecule has 8 heteroatoms. The molecule has 0 fully saturated rings. The molecule has 0 saturated heterocycles. The normalized spacial score (nSPS) is 11.2. The van der Waals surface area contributed by atoms with Crippen molar-refractivity contribution in [3.63, 3.8) is 0 Å². The molecule has 0 aliphatic heterocycles. The lowest BCUT2D eigenvalue weighted by Gasteiger charge is -1.99. The van der Waals surface area contributed by atoms with E-state index in [1.54, 1.807) is 19.3 Å². The van der Waals surface area contributed by atoms with E-state index in [1.165, 1.54) is 21.8 Å². The van der Waals surface area contributed by atoms with Gasteiger partial charge in [0.2, 0.25) is 5.95 Å². The minimum atomic E-state index is -0.479. The van der Waals surface area contributed by atoms with E-state index in [1.807, 2.05) is 6.92 Å². The zero-order valence-electron chi connectivity index (χ0n) is 11.2. The van der Waals surface area contributed by atoms with Crippen LogP contribution in [-0.4, -0.2) is 31.7 Å². The van der Waals surface area contributed by atoms with Crippen LogP contribution < -0.4 is 5.43 Å². The Bertz CT molecular complexity index is 630. The number of carbonyl (C=O) groups excluding carboxylic acids is 1. The number of aromatic nitrogens is 4. The first-order valence-electron chi connectivity index (χ1n) is 6.12. The van der Waals surface area contributed by atoms with E-state index in [4.69, 9.17) is 0 Å². The third kappa shape index (κ3) is 3.28. The van der Waals surface area contributed by atoms with Gasteiger partial charge in [-0.25, -0.2) is 10.1 Å². The molecule has 2 aromatic heterocycles. The summed E-state index contributed by atoms with van der Waals surface area (Å²) in [5.74, 6) is -0.819. The van der Waals surface area contributed by atoms with Crippen LogP contribution in [0.3, 0.4) is 0 Å². The Morgan fingerprint density at radius 3 is 2.90 bits per heavy atom. The predicted octanol–water partition coefficient (Wildman–Crippen LogP) is 0.697. The van der Waals surface area contributed by atoms with Crippen LogP contribution in [0.1, 0.15) is 18.1 Å². The molecular formula is C12H15FN6O. The Labute approximate surface area is 115 Å². The quantitative estimate of drug-likeness (QED) is 0.646. The van der Waals surface area contributed by atoms with Crippen LogP contribution >= 0.6 is 0 Å². The fourth-order valence-electron chi connectivity index (χ4n) is 1.60. The number of rotatable bonds is 5. The van der Waals surface area contributed by atoms with Gasteiger partial charge in [-0.3, -0.25) is 9.48 Å². The highest BCUT2D eigenvalue weighted by atomic mass is 19.1. The van der Waals surface area contributed by atoms with E-state index >= 15 is 0 Å². The Morgan fingerprint density at radius 1 is 1.50 bits per heavy atom. The summed E-state index contributed by atoms with van der Waals surface area (Å²) >= 11 is 0. The summed E-state index contributed by atoms with van der Waals surface area (Å²) in [6.07, 6.45) is 5.98. The largest absolute Gasteiger partial charge is 0.271 e. The standard InChI is InChI=1S/C12H15FN6O/c1-3-19-12(13)10(6-16-19)5-14-17-11(20)8-18-7-9(2)4-15-18/h4-7H,3,8H2,1-2H3,(H,17,20)/b14-5-. The number of hydrogen-bond donors (Lipinski definition) is 1. The van der Waals surface area contributed by atoms with Crippen molar-refractivity contribution in [2.24, 2.45) is 5.10 Å². The molecule has 0 aliphatic rings. The fraction of sp³-hybridized carbons (Fsp3) is 0.333. The first kappa shape index (κ1) is 13.9. The van der Waals surface area contributed by atoms with Gasteiger partial charge >= 0.3 is 0 Å². The maximum atomic E-state index is 13.6. The second-order valence-corrected chi connectivity index (χ2v) is 4.21. The lowest BCUT2D eigenvalue weighted by Crippen LogP contribution is -2.23. The molecule has 20 heavy (non-hydrogen) atoms. The maximum absolute atomic E-state index is 13.6. The summed E-state index contributed by atoms with van der Waals surface area (Å²) < 4.78 is 16.3. The molecule has 0 bridgehead atoms. The van der Waals surface area contributed by atoms with Gasteiger partial charge in [-0.1, -0.05) is 0 Å². The van der Waals surface area contributed by atoms with Gasteiger partial charge in [0.15, 0.2) is 0 Å². The second kappa shape index (κ2) is 6.09. The minimum Gasteiger partial charge on any atom is -0.271 e. The number of nitrogens with zero attached hydrogens (tertiary/aromatic N) is 5. The van der Waals surface area contributed by atoms with Gasteiger partial charge < -0.3 is 0 Å². The summed E-state index contributed by atoms with van der Waals surface area (Å²) in [7, 11) is 0. The second-order valence-electron chi connectivity index (χ2n) is 4.21. The van der Waals surface area contributed by atoms with Gasteiger partial charge in [0.25, 0.3) is 5.91 Å². The van der Waals surface area contributed by atoms with Crippen molar-refractivity contribution >= 4 is 12.1 Å². The van der Waals surface area contributed by atoms with Crippen LogP contribution in [-0.2, 0) is 17.9 Å². The summed E-state index contributed by atoms with van der Waals surface area (Å²) in [6.45, 7) is 4.16. The van der Waals surface area contributed by atoms with Gasteiger partial charge in [0.05, 0.1) is 24.2 Å². The first-order chi connectivity index (χ1) is 9.60. The molecule has 0 spiro atoms. The number of hydrogen-bond acceptors (Lipinski definition) is 4. The van der Waals surface area contributed by atoms with Crippen LogP contribution in [0.25, 0.3) is 0 Å². The van der Waals surface area contributed by atoms with Crippen molar-refractivity contribution in [2.75, 3.05) is 0 Å². The molecular weight excluding hydrogens is 263 g/mol. The SMILES string of the molecule is CCn1ncc(/C=N\NC(=O)Cn2cc(C)cn2)c1F. The Balaban J connectivity index is 1.89. The maximum Gasteiger partial charge on any atom is 0.261 e. The molecule has 2 aromatic rings. The Morgan fingerprint density at radius 2 is 2.30 bits per heavy atom. The molecule has 2 heterocycles. The monoisotopic (exact) mass is 278 g/mol. The average Bonchev–Trinajstić information content (AvgIpc) is 2.97. The predicted molar refractivity (Wildman–Crippen MR) is 70.6 cm³/mol. The van der Waals surface area contributed by atoms with E-state index in [0.29, 0.717) is 6.54 Å². The van der Waals surface area contributed by atoms with Gasteiger partial charge in [0.1, 0.15) is 6.54 Å². The summed E-state index contributed by atoms with van der Waals surface area (Å²) in [6, 6.07) is 0. The molecule has 106 valence electrons. The average molecular weight is 278 g/mol. The van der Waals surface area contributed by atoms with Crippen molar-refractivity contribution in [1.29, 1.82) is 0 Å². The zero-order valence-corrected chi connectivity index (χ0v) is 11.2. The lowest BCUT2D eigenvalue weighted by molar-refractivity contribution is -0.121. The van der Waals surface area contributed by atoms with Crippen molar-refractivity contribution in [2.45, 2.75) is 26.9 Å². The third-order valence-corrected chi connectivity index (χ3v) is 2.56. The van der Waals surface area contributed by atoms with Crippen molar-refractivity contribution < 1.29 is 9.18 Å². The molecule has 7 nitrogen and oxygen atoms in total. The topological polar surface area (TPSA) is 77.1 Å². The van der Waals surface area contributed by atoms with Crippen LogP contribution in [0, 0.1) is 12.9 Å². The molecule has 0 atom stereocenters. The molecule has 2 rings (SSSR count). The van der Waals surface area contributed by atoms with Crippen molar-refractivity contribution in [1.82, 2.24) is 25.0 Å². The number of carbonyl (C=O) groups is 1. The van der Waals surface area contributed by atoms with E-state index < -0.39 is 5.95 Å². The van der Waals surface area contributed by atoms with Crippen LogP contribution in [0.15, 0.2) is 23.7 Å². The lowest BCUT2D eigenvalue weighted by atomic mass is 10.4. The summed E-state index contributed by atoms with van der Waals surface area (Å²) in [4.78, 5) is 11.6. The van der Waals surface area contributed by atoms with E-state index in [2.05, 4.69) is 20.7 Å². The Kier molecular flexibility index (Phi) is 4.24. The highest BCUT2D eigenvalue weighted by molar-refractivity contribution is 5.82. The summed E-state index contributed by atoms with van der Waals surface area (Å²) in [5, 5.41) is 11.5. The number of halogens is 1. The number of nitrogens with one attached hydrogen (secondary N) is 1. The summed E-state index contributed by atoms with van der Waals surface area (Å²) in [5.41, 5.74) is 3.50. The molecule has 0 unspecified atom stereocenters. The Hall–Kier alpha value is -2.51. The number of hydrazone groups is 1. The molecule has 1 N–H and O–H groups in total. The van der Waals surface area contributed by atoms with E-state index in [0.717, 1.165) is 5.56 Å². The highest BCUT2D eigenvalue weighted by Crippen LogP contribution is 2.02. The third-order valence-electron chi connectivity index (χ3n) is 2.56. The van der Waals surface area contributed by atoms with Gasteiger partial charge in [-0.2, -0.15) is 19.7 Å². The van der Waals surface area contributed by atoms with Crippen molar-refractivity contribution in [3.8, 4) is 0 Å². The highest BCUT2D eigenvalue weighted by Gasteiger charge is 2.07. The smallest absolute Gasteiger partial charge is 0.261 e. The molecule has 0 aromatic carbocycles. The molecule has 0 radical (unpaired) electrons. The van der Waals surface area contributed by atoms with Crippen LogP contribution in [0.4, 0.5) is 4.39 Å². The zero-order chi connectivity index (χ0) is 14.5. The van der Waals surface area contributed by atoms with Gasteiger partial charge in [-0.05, 0) is 19.4 Å². The van der Waals surface area contributed by atoms with Crippen molar-refractivity contribution in [3.05, 3.63) is 35.7 Å². The van der Waals surface area contributed by atoms with Gasteiger partial charge in [0, 0.05) is 12.7 Å².